The predicted molar refractivity (Wildman–Crippen MR) is 42.0 cm³/mol. The molecule has 62 valence electrons. The molecule has 0 aromatic heterocycles. The minimum Gasteiger partial charge on any atom is -0.400 e. The summed E-state index contributed by atoms with van der Waals surface area (Å²) in [6, 6.07) is 0. The van der Waals surface area contributed by atoms with E-state index in [0.29, 0.717) is 12.2 Å². The SMILES string of the molecule is CCCCC1OC1C.CO. The lowest BCUT2D eigenvalue weighted by atomic mass is 10.2. The first-order valence-corrected chi connectivity index (χ1v) is 3.94. The maximum Gasteiger partial charge on any atom is 0.0839 e. The third kappa shape index (κ3) is 3.85. The molecule has 0 amide bonds. The highest BCUT2D eigenvalue weighted by Crippen LogP contribution is 2.25. The second-order valence-electron chi connectivity index (χ2n) is 2.52. The molecule has 1 aliphatic heterocycles. The van der Waals surface area contributed by atoms with Crippen LogP contribution in [0, 0.1) is 0 Å². The van der Waals surface area contributed by atoms with Gasteiger partial charge in [0.15, 0.2) is 0 Å². The fourth-order valence-electron chi connectivity index (χ4n) is 0.938. The number of rotatable bonds is 3. The molecule has 1 heterocycles. The maximum atomic E-state index is 7.00. The fraction of sp³-hybridized carbons (Fsp3) is 1.00. The molecule has 2 nitrogen and oxygen atoms in total. The molecule has 1 fully saturated rings. The first kappa shape index (κ1) is 9.92. The number of aliphatic hydroxyl groups excluding tert-OH is 1. The van der Waals surface area contributed by atoms with E-state index in [1.165, 1.54) is 19.3 Å². The molecule has 1 aliphatic rings. The van der Waals surface area contributed by atoms with Crippen molar-refractivity contribution in [3.63, 3.8) is 0 Å². The number of epoxide rings is 1. The third-order valence-corrected chi connectivity index (χ3v) is 1.68. The zero-order valence-electron chi connectivity index (χ0n) is 7.13. The summed E-state index contributed by atoms with van der Waals surface area (Å²) in [5.41, 5.74) is 0. The number of ether oxygens (including phenoxy) is 1. The third-order valence-electron chi connectivity index (χ3n) is 1.68. The molecule has 10 heavy (non-hydrogen) atoms. The lowest BCUT2D eigenvalue weighted by Gasteiger charge is -1.87. The smallest absolute Gasteiger partial charge is 0.0839 e. The van der Waals surface area contributed by atoms with E-state index >= 15 is 0 Å². The van der Waals surface area contributed by atoms with Crippen LogP contribution in [0.1, 0.15) is 33.1 Å². The predicted octanol–water partition coefficient (Wildman–Crippen LogP) is 1.57. The largest absolute Gasteiger partial charge is 0.400 e. The minimum atomic E-state index is 0.571. The van der Waals surface area contributed by atoms with Gasteiger partial charge in [0.2, 0.25) is 0 Å². The molecular formula is C8H18O2. The first-order chi connectivity index (χ1) is 4.84. The molecule has 0 saturated carbocycles. The number of aliphatic hydroxyl groups is 1. The normalized spacial score (nSPS) is 28.8. The van der Waals surface area contributed by atoms with Crippen LogP contribution in [0.25, 0.3) is 0 Å². The van der Waals surface area contributed by atoms with Crippen molar-refractivity contribution in [1.29, 1.82) is 0 Å². The van der Waals surface area contributed by atoms with Crippen molar-refractivity contribution in [1.82, 2.24) is 0 Å². The van der Waals surface area contributed by atoms with E-state index in [0.717, 1.165) is 7.11 Å². The summed E-state index contributed by atoms with van der Waals surface area (Å²) in [4.78, 5) is 0. The van der Waals surface area contributed by atoms with Crippen LogP contribution < -0.4 is 0 Å². The van der Waals surface area contributed by atoms with E-state index in [-0.39, 0.29) is 0 Å². The molecule has 0 aliphatic carbocycles. The Bertz CT molecular complexity index is 73.7. The summed E-state index contributed by atoms with van der Waals surface area (Å²) < 4.78 is 5.22. The quantitative estimate of drug-likeness (QED) is 0.613. The molecule has 1 saturated heterocycles. The minimum absolute atomic E-state index is 0.571. The van der Waals surface area contributed by atoms with Crippen molar-refractivity contribution < 1.29 is 9.84 Å². The van der Waals surface area contributed by atoms with E-state index in [1.54, 1.807) is 0 Å². The van der Waals surface area contributed by atoms with Gasteiger partial charge in [-0.25, -0.2) is 0 Å². The average molecular weight is 146 g/mol. The van der Waals surface area contributed by atoms with Crippen LogP contribution in [0.4, 0.5) is 0 Å². The molecule has 2 heteroatoms. The second kappa shape index (κ2) is 5.69. The van der Waals surface area contributed by atoms with Gasteiger partial charge in [0, 0.05) is 7.11 Å². The lowest BCUT2D eigenvalue weighted by Crippen LogP contribution is -1.87. The van der Waals surface area contributed by atoms with Gasteiger partial charge in [-0.15, -0.1) is 0 Å². The van der Waals surface area contributed by atoms with Crippen molar-refractivity contribution in [3.05, 3.63) is 0 Å². The molecule has 1 N–H and O–H groups in total. The van der Waals surface area contributed by atoms with Crippen LogP contribution in [0.3, 0.4) is 0 Å². The topological polar surface area (TPSA) is 32.8 Å². The lowest BCUT2D eigenvalue weighted by molar-refractivity contribution is 0.366. The van der Waals surface area contributed by atoms with Crippen LogP contribution in [0.5, 0.6) is 0 Å². The Morgan fingerprint density at radius 2 is 1.90 bits per heavy atom. The van der Waals surface area contributed by atoms with Crippen molar-refractivity contribution in [2.24, 2.45) is 0 Å². The van der Waals surface area contributed by atoms with Crippen LogP contribution in [-0.4, -0.2) is 24.4 Å². The molecule has 1 rings (SSSR count). The van der Waals surface area contributed by atoms with E-state index in [2.05, 4.69) is 13.8 Å². The van der Waals surface area contributed by atoms with Gasteiger partial charge in [-0.3, -0.25) is 0 Å². The van der Waals surface area contributed by atoms with Gasteiger partial charge in [-0.2, -0.15) is 0 Å². The highest BCUT2D eigenvalue weighted by molar-refractivity contribution is 4.79. The van der Waals surface area contributed by atoms with Gasteiger partial charge in [-0.1, -0.05) is 19.8 Å². The summed E-state index contributed by atoms with van der Waals surface area (Å²) >= 11 is 0. The number of unbranched alkanes of at least 4 members (excludes halogenated alkanes) is 1. The van der Waals surface area contributed by atoms with E-state index in [4.69, 9.17) is 9.84 Å². The molecule has 0 spiro atoms. The summed E-state index contributed by atoms with van der Waals surface area (Å²) in [6.07, 6.45) is 5.09. The molecule has 2 unspecified atom stereocenters. The highest BCUT2D eigenvalue weighted by Gasteiger charge is 2.32. The van der Waals surface area contributed by atoms with Gasteiger partial charge in [0.25, 0.3) is 0 Å². The summed E-state index contributed by atoms with van der Waals surface area (Å²) in [7, 11) is 1.00. The van der Waals surface area contributed by atoms with Gasteiger partial charge >= 0.3 is 0 Å². The van der Waals surface area contributed by atoms with Gasteiger partial charge < -0.3 is 9.84 Å². The Morgan fingerprint density at radius 3 is 2.20 bits per heavy atom. The van der Waals surface area contributed by atoms with Crippen LogP contribution >= 0.6 is 0 Å². The van der Waals surface area contributed by atoms with Crippen LogP contribution in [0.15, 0.2) is 0 Å². The van der Waals surface area contributed by atoms with Gasteiger partial charge in [-0.05, 0) is 13.3 Å². The van der Waals surface area contributed by atoms with Crippen molar-refractivity contribution in [3.8, 4) is 0 Å². The molecule has 0 aromatic carbocycles. The molecule has 0 radical (unpaired) electrons. The Labute approximate surface area is 63.2 Å². The Kier molecular flexibility index (Phi) is 5.64. The monoisotopic (exact) mass is 146 g/mol. The Hall–Kier alpha value is -0.0800. The summed E-state index contributed by atoms with van der Waals surface area (Å²) in [5.74, 6) is 0. The van der Waals surface area contributed by atoms with E-state index in [1.807, 2.05) is 0 Å². The van der Waals surface area contributed by atoms with E-state index in [9.17, 15) is 0 Å². The van der Waals surface area contributed by atoms with Crippen molar-refractivity contribution >= 4 is 0 Å². The average Bonchev–Trinajstić information content (AvgIpc) is 2.67. The second-order valence-corrected chi connectivity index (χ2v) is 2.52. The Morgan fingerprint density at radius 1 is 1.40 bits per heavy atom. The van der Waals surface area contributed by atoms with Crippen LogP contribution in [-0.2, 0) is 4.74 Å². The molecular weight excluding hydrogens is 128 g/mol. The van der Waals surface area contributed by atoms with Gasteiger partial charge in [0.05, 0.1) is 12.2 Å². The van der Waals surface area contributed by atoms with E-state index < -0.39 is 0 Å². The number of hydrogen-bond donors (Lipinski definition) is 1. The maximum absolute atomic E-state index is 7.00. The molecule has 0 bridgehead atoms. The molecule has 0 aromatic rings. The summed E-state index contributed by atoms with van der Waals surface area (Å²) in [5, 5.41) is 7.00. The van der Waals surface area contributed by atoms with Crippen molar-refractivity contribution in [2.75, 3.05) is 7.11 Å². The highest BCUT2D eigenvalue weighted by atomic mass is 16.6. The van der Waals surface area contributed by atoms with Crippen LogP contribution in [0.2, 0.25) is 0 Å². The van der Waals surface area contributed by atoms with Crippen molar-refractivity contribution in [2.45, 2.75) is 45.3 Å². The number of hydrogen-bond acceptors (Lipinski definition) is 2. The van der Waals surface area contributed by atoms with Gasteiger partial charge in [0.1, 0.15) is 0 Å². The zero-order chi connectivity index (χ0) is 7.98. The standard InChI is InChI=1S/C7H14O.CH4O/c1-3-4-5-7-6(2)8-7;1-2/h6-7H,3-5H2,1-2H3;2H,1H3. The molecule has 2 atom stereocenters. The summed E-state index contributed by atoms with van der Waals surface area (Å²) in [6.45, 7) is 4.35. The first-order valence-electron chi connectivity index (χ1n) is 3.94. The zero-order valence-corrected chi connectivity index (χ0v) is 7.13. The Balaban J connectivity index is 0.000000371. The fourth-order valence-corrected chi connectivity index (χ4v) is 0.938.